The van der Waals surface area contributed by atoms with Crippen molar-refractivity contribution in [3.8, 4) is 0 Å². The van der Waals surface area contributed by atoms with E-state index in [0.717, 1.165) is 0 Å². The molecule has 0 aromatic heterocycles. The van der Waals surface area contributed by atoms with Crippen molar-refractivity contribution in [1.29, 1.82) is 0 Å². The van der Waals surface area contributed by atoms with Gasteiger partial charge in [0.1, 0.15) is 24.4 Å². The number of aliphatic hydroxyl groups is 4. The Bertz CT molecular complexity index is 1300. The lowest BCUT2D eigenvalue weighted by atomic mass is 9.49. The van der Waals surface area contributed by atoms with E-state index >= 15 is 0 Å². The topological polar surface area (TPSA) is 169 Å². The summed E-state index contributed by atoms with van der Waals surface area (Å²) in [5.41, 5.74) is -5.81. The molecule has 230 valence electrons. The van der Waals surface area contributed by atoms with Crippen LogP contribution in [0, 0.1) is 16.7 Å². The summed E-state index contributed by atoms with van der Waals surface area (Å²) in [6, 6.07) is 8.18. The van der Waals surface area contributed by atoms with Crippen LogP contribution >= 0.6 is 0 Å². The first kappa shape index (κ1) is 30.6. The molecule has 10 atom stereocenters. The number of hydrogen-bond acceptors (Lipinski definition) is 11. The van der Waals surface area contributed by atoms with Crippen LogP contribution in [0.3, 0.4) is 0 Å². The molecule has 4 aliphatic rings. The number of carbonyl (C=O) groups is 3. The van der Waals surface area contributed by atoms with E-state index in [-0.39, 0.29) is 30.6 Å². The highest BCUT2D eigenvalue weighted by molar-refractivity contribution is 5.89. The SMILES string of the molecule is CC(=O)O[C@H]1C[C@]2(C(C)(C)O)C(=C1C)[C@@H](O)[C@H](O)[C@]1(C)[C@H](O)C[C@H]3OC[C@@]3(OC(C)=O)[C@@H]1[C@H]2OC(=O)c1ccccc1. The lowest BCUT2D eigenvalue weighted by molar-refractivity contribution is -0.351. The van der Waals surface area contributed by atoms with Gasteiger partial charge in [-0.25, -0.2) is 4.79 Å². The molecular formula is C31H40O11. The number of fused-ring (bicyclic) bond motifs is 4. The molecule has 3 aliphatic carbocycles. The van der Waals surface area contributed by atoms with Crippen LogP contribution in [-0.2, 0) is 28.5 Å². The zero-order valence-corrected chi connectivity index (χ0v) is 24.7. The van der Waals surface area contributed by atoms with Crippen LogP contribution in [-0.4, -0.2) is 92.8 Å². The Hall–Kier alpha value is -2.83. The molecule has 11 nitrogen and oxygen atoms in total. The Morgan fingerprint density at radius 3 is 2.19 bits per heavy atom. The molecule has 42 heavy (non-hydrogen) atoms. The Kier molecular flexibility index (Phi) is 7.38. The molecule has 11 heteroatoms. The number of hydrogen-bond donors (Lipinski definition) is 4. The standard InChI is InChI=1S/C31H40O11/c1-15-19(40-16(2)32)13-30(28(4,5)38)22(15)23(35)25(36)29(6)20(34)12-21-31(14-39-21,42-17(3)33)24(29)26(30)41-27(37)18-10-8-7-9-11-18/h7-11,19-21,23-26,34-36,38H,12-14H2,1-6H3/t19-,20+,21+,23+,24+,25-,26+,29+,30-,31-/m0/s1. The molecule has 1 heterocycles. The maximum atomic E-state index is 13.8. The predicted octanol–water partition coefficient (Wildman–Crippen LogP) is 1.44. The van der Waals surface area contributed by atoms with E-state index in [1.54, 1.807) is 44.2 Å². The maximum absolute atomic E-state index is 13.8. The van der Waals surface area contributed by atoms with Gasteiger partial charge in [0.15, 0.2) is 5.60 Å². The average Bonchev–Trinajstić information content (AvgIpc) is 3.17. The van der Waals surface area contributed by atoms with Crippen LogP contribution < -0.4 is 0 Å². The lowest BCUT2D eigenvalue weighted by Crippen LogP contribution is -2.78. The van der Waals surface area contributed by atoms with Crippen molar-refractivity contribution in [1.82, 2.24) is 0 Å². The van der Waals surface area contributed by atoms with Gasteiger partial charge in [-0.3, -0.25) is 9.59 Å². The van der Waals surface area contributed by atoms with E-state index in [4.69, 9.17) is 18.9 Å². The van der Waals surface area contributed by atoms with Gasteiger partial charge in [0.2, 0.25) is 0 Å². The third-order valence-corrected chi connectivity index (χ3v) is 10.3. The zero-order chi connectivity index (χ0) is 31.0. The van der Waals surface area contributed by atoms with Crippen molar-refractivity contribution in [3.05, 3.63) is 47.0 Å². The molecule has 4 N–H and O–H groups in total. The zero-order valence-electron chi connectivity index (χ0n) is 24.7. The molecule has 0 spiro atoms. The van der Waals surface area contributed by atoms with Crippen molar-refractivity contribution in [2.24, 2.45) is 16.7 Å². The van der Waals surface area contributed by atoms with E-state index in [2.05, 4.69) is 0 Å². The van der Waals surface area contributed by atoms with Crippen molar-refractivity contribution in [2.45, 2.75) is 102 Å². The summed E-state index contributed by atoms with van der Waals surface area (Å²) in [4.78, 5) is 38.6. The van der Waals surface area contributed by atoms with Crippen LogP contribution in [0.1, 0.15) is 64.7 Å². The highest BCUT2D eigenvalue weighted by atomic mass is 16.6. The summed E-state index contributed by atoms with van der Waals surface area (Å²) in [6.45, 7) is 8.53. The van der Waals surface area contributed by atoms with E-state index < -0.39 is 82.5 Å². The van der Waals surface area contributed by atoms with Gasteiger partial charge in [0, 0.05) is 32.1 Å². The van der Waals surface area contributed by atoms with Gasteiger partial charge in [-0.1, -0.05) is 25.1 Å². The number of rotatable bonds is 5. The Morgan fingerprint density at radius 2 is 1.67 bits per heavy atom. The van der Waals surface area contributed by atoms with E-state index in [1.807, 2.05) is 0 Å². The van der Waals surface area contributed by atoms with Gasteiger partial charge in [-0.2, -0.15) is 0 Å². The summed E-state index contributed by atoms with van der Waals surface area (Å²) in [7, 11) is 0. The molecule has 1 saturated heterocycles. The van der Waals surface area contributed by atoms with Crippen molar-refractivity contribution in [2.75, 3.05) is 6.61 Å². The highest BCUT2D eigenvalue weighted by Crippen LogP contribution is 2.67. The fraction of sp³-hybridized carbons (Fsp3) is 0.645. The van der Waals surface area contributed by atoms with Crippen LogP contribution in [0.15, 0.2) is 41.5 Å². The van der Waals surface area contributed by atoms with Crippen molar-refractivity contribution in [3.63, 3.8) is 0 Å². The maximum Gasteiger partial charge on any atom is 0.338 e. The quantitative estimate of drug-likeness (QED) is 0.223. The number of benzene rings is 1. The fourth-order valence-electron chi connectivity index (χ4n) is 8.32. The second-order valence-electron chi connectivity index (χ2n) is 13.0. The third-order valence-electron chi connectivity index (χ3n) is 10.3. The number of carbonyl (C=O) groups excluding carboxylic acids is 3. The molecule has 1 aromatic carbocycles. The minimum atomic E-state index is -1.77. The van der Waals surface area contributed by atoms with Crippen LogP contribution in [0.2, 0.25) is 0 Å². The second kappa shape index (κ2) is 10.1. The van der Waals surface area contributed by atoms with Crippen LogP contribution in [0.4, 0.5) is 0 Å². The van der Waals surface area contributed by atoms with Gasteiger partial charge < -0.3 is 39.4 Å². The summed E-state index contributed by atoms with van der Waals surface area (Å²) in [5.74, 6) is -3.19. The van der Waals surface area contributed by atoms with Crippen LogP contribution in [0.25, 0.3) is 0 Å². The molecule has 1 aliphatic heterocycles. The van der Waals surface area contributed by atoms with Crippen molar-refractivity contribution < 1.29 is 53.8 Å². The van der Waals surface area contributed by atoms with Gasteiger partial charge in [-0.05, 0) is 44.1 Å². The highest BCUT2D eigenvalue weighted by Gasteiger charge is 2.79. The Balaban J connectivity index is 1.84. The lowest BCUT2D eigenvalue weighted by Gasteiger charge is -2.65. The van der Waals surface area contributed by atoms with E-state index in [0.29, 0.717) is 5.57 Å². The first-order valence-corrected chi connectivity index (χ1v) is 14.2. The van der Waals surface area contributed by atoms with Gasteiger partial charge in [0.05, 0.1) is 41.3 Å². The first-order chi connectivity index (χ1) is 19.5. The number of aliphatic hydroxyl groups excluding tert-OH is 3. The van der Waals surface area contributed by atoms with Crippen LogP contribution in [0.5, 0.6) is 0 Å². The second-order valence-corrected chi connectivity index (χ2v) is 13.0. The Morgan fingerprint density at radius 1 is 1.02 bits per heavy atom. The predicted molar refractivity (Wildman–Crippen MR) is 146 cm³/mol. The van der Waals surface area contributed by atoms with E-state index in [9.17, 15) is 34.8 Å². The summed E-state index contributed by atoms with van der Waals surface area (Å²) >= 11 is 0. The minimum absolute atomic E-state index is 0.0208. The number of esters is 3. The van der Waals surface area contributed by atoms with Gasteiger partial charge in [0.25, 0.3) is 0 Å². The van der Waals surface area contributed by atoms with E-state index in [1.165, 1.54) is 27.7 Å². The first-order valence-electron chi connectivity index (χ1n) is 14.2. The molecule has 0 bridgehead atoms. The summed E-state index contributed by atoms with van der Waals surface area (Å²) in [6.07, 6.45) is -7.92. The average molecular weight is 589 g/mol. The third kappa shape index (κ3) is 4.16. The summed E-state index contributed by atoms with van der Waals surface area (Å²) < 4.78 is 23.8. The minimum Gasteiger partial charge on any atom is -0.458 e. The molecular weight excluding hydrogens is 548 g/mol. The van der Waals surface area contributed by atoms with Gasteiger partial charge >= 0.3 is 17.9 Å². The number of ether oxygens (including phenoxy) is 4. The smallest absolute Gasteiger partial charge is 0.338 e. The molecule has 0 unspecified atom stereocenters. The van der Waals surface area contributed by atoms with Crippen molar-refractivity contribution >= 4 is 17.9 Å². The molecule has 2 saturated carbocycles. The monoisotopic (exact) mass is 588 g/mol. The van der Waals surface area contributed by atoms with Gasteiger partial charge in [-0.15, -0.1) is 0 Å². The molecule has 0 radical (unpaired) electrons. The molecule has 1 aromatic rings. The summed E-state index contributed by atoms with van der Waals surface area (Å²) in [5, 5.41) is 47.6. The normalized spacial score (nSPS) is 41.0. The molecule has 0 amide bonds. The largest absolute Gasteiger partial charge is 0.458 e. The fourth-order valence-corrected chi connectivity index (χ4v) is 8.32. The molecule has 3 fully saturated rings. The molecule has 5 rings (SSSR count). The Labute approximate surface area is 244 Å².